The molecule has 3 aromatic rings. The minimum atomic E-state index is -3.75. The number of benzene rings is 1. The van der Waals surface area contributed by atoms with Crippen molar-refractivity contribution in [2.24, 2.45) is 0 Å². The molecule has 1 unspecified atom stereocenters. The molecule has 1 atom stereocenters. The summed E-state index contributed by atoms with van der Waals surface area (Å²) in [5.41, 5.74) is 2.53. The number of aromatic nitrogens is 2. The Morgan fingerprint density at radius 3 is 2.55 bits per heavy atom. The van der Waals surface area contributed by atoms with Gasteiger partial charge in [-0.1, -0.05) is 17.7 Å². The molecule has 1 amide bonds. The molecule has 0 spiro atoms. The van der Waals surface area contributed by atoms with Crippen LogP contribution in [0.25, 0.3) is 0 Å². The van der Waals surface area contributed by atoms with Gasteiger partial charge in [0, 0.05) is 37.3 Å². The number of carbonyl (C=O) groups is 1. The van der Waals surface area contributed by atoms with E-state index >= 15 is 0 Å². The third-order valence-electron chi connectivity index (χ3n) is 4.87. The predicted octanol–water partition coefficient (Wildman–Crippen LogP) is 3.59. The summed E-state index contributed by atoms with van der Waals surface area (Å²) in [4.78, 5) is 18.7. The van der Waals surface area contributed by atoms with Crippen LogP contribution < -0.4 is 0 Å². The Kier molecular flexibility index (Phi) is 5.47. The standard InChI is InChI=1S/C21H21N3O3S2/c1-16-4-6-18(7-5-16)29(26,27)24-13-2-3-19(24)21-23(20(25)10-14-28-21)15-17-8-11-22-12-9-17/h2-9,11-13,21H,10,14-15H2,1H3. The Morgan fingerprint density at radius 1 is 1.10 bits per heavy atom. The van der Waals surface area contributed by atoms with Crippen LogP contribution in [0.4, 0.5) is 0 Å². The zero-order valence-corrected chi connectivity index (χ0v) is 17.6. The lowest BCUT2D eigenvalue weighted by Gasteiger charge is -2.35. The van der Waals surface area contributed by atoms with E-state index in [4.69, 9.17) is 0 Å². The summed E-state index contributed by atoms with van der Waals surface area (Å²) in [6, 6.07) is 14.0. The maximum Gasteiger partial charge on any atom is 0.267 e. The molecule has 0 bridgehead atoms. The van der Waals surface area contributed by atoms with Gasteiger partial charge in [0.25, 0.3) is 10.0 Å². The van der Waals surface area contributed by atoms with Gasteiger partial charge in [0.1, 0.15) is 5.37 Å². The fourth-order valence-electron chi connectivity index (χ4n) is 3.34. The van der Waals surface area contributed by atoms with Crippen LogP contribution in [0, 0.1) is 6.92 Å². The van der Waals surface area contributed by atoms with Crippen molar-refractivity contribution in [2.75, 3.05) is 5.75 Å². The fourth-order valence-corrected chi connectivity index (χ4v) is 6.03. The molecule has 1 aliphatic rings. The lowest BCUT2D eigenvalue weighted by molar-refractivity contribution is -0.132. The molecule has 8 heteroatoms. The van der Waals surface area contributed by atoms with Crippen LogP contribution in [0.15, 0.2) is 72.0 Å². The maximum absolute atomic E-state index is 13.3. The molecule has 1 aromatic carbocycles. The lowest BCUT2D eigenvalue weighted by atomic mass is 10.2. The number of thioether (sulfide) groups is 1. The van der Waals surface area contributed by atoms with E-state index in [1.165, 1.54) is 3.97 Å². The van der Waals surface area contributed by atoms with Crippen molar-refractivity contribution in [2.45, 2.75) is 30.2 Å². The first kappa shape index (κ1) is 19.7. The minimum Gasteiger partial charge on any atom is -0.321 e. The van der Waals surface area contributed by atoms with Gasteiger partial charge in [-0.05, 0) is 48.9 Å². The summed E-state index contributed by atoms with van der Waals surface area (Å²) in [7, 11) is -3.75. The molecule has 1 saturated heterocycles. The SMILES string of the molecule is Cc1ccc(S(=O)(=O)n2cccc2C2SCCC(=O)N2Cc2ccncc2)cc1. The summed E-state index contributed by atoms with van der Waals surface area (Å²) in [6.07, 6.45) is 5.37. The first-order valence-electron chi connectivity index (χ1n) is 9.26. The molecule has 0 saturated carbocycles. The lowest BCUT2D eigenvalue weighted by Crippen LogP contribution is -2.38. The van der Waals surface area contributed by atoms with E-state index in [1.807, 2.05) is 19.1 Å². The van der Waals surface area contributed by atoms with Crippen LogP contribution in [0.5, 0.6) is 0 Å². The molecule has 0 N–H and O–H groups in total. The highest BCUT2D eigenvalue weighted by molar-refractivity contribution is 7.99. The van der Waals surface area contributed by atoms with E-state index in [1.54, 1.807) is 71.7 Å². The molecule has 6 nitrogen and oxygen atoms in total. The molecular weight excluding hydrogens is 406 g/mol. The van der Waals surface area contributed by atoms with E-state index in [0.717, 1.165) is 11.1 Å². The predicted molar refractivity (Wildman–Crippen MR) is 113 cm³/mol. The van der Waals surface area contributed by atoms with E-state index < -0.39 is 10.0 Å². The summed E-state index contributed by atoms with van der Waals surface area (Å²) in [6.45, 7) is 2.33. The Hall–Kier alpha value is -2.58. The van der Waals surface area contributed by atoms with Crippen molar-refractivity contribution in [1.29, 1.82) is 0 Å². The number of amides is 1. The minimum absolute atomic E-state index is 0.0195. The zero-order chi connectivity index (χ0) is 20.4. The summed E-state index contributed by atoms with van der Waals surface area (Å²) < 4.78 is 27.8. The molecular formula is C21H21N3O3S2. The van der Waals surface area contributed by atoms with Gasteiger partial charge in [0.05, 0.1) is 10.6 Å². The van der Waals surface area contributed by atoms with E-state index in [0.29, 0.717) is 24.4 Å². The number of hydrogen-bond acceptors (Lipinski definition) is 5. The first-order valence-corrected chi connectivity index (χ1v) is 11.8. The fraction of sp³-hybridized carbons (Fsp3) is 0.238. The molecule has 1 aliphatic heterocycles. The number of nitrogens with zero attached hydrogens (tertiary/aromatic N) is 3. The van der Waals surface area contributed by atoms with E-state index in [-0.39, 0.29) is 16.2 Å². The number of carbonyl (C=O) groups excluding carboxylic acids is 1. The number of pyridine rings is 1. The zero-order valence-electron chi connectivity index (χ0n) is 15.9. The highest BCUT2D eigenvalue weighted by Gasteiger charge is 2.34. The van der Waals surface area contributed by atoms with Crippen molar-refractivity contribution >= 4 is 27.7 Å². The van der Waals surface area contributed by atoms with Crippen LogP contribution in [-0.4, -0.2) is 33.9 Å². The van der Waals surface area contributed by atoms with Gasteiger partial charge >= 0.3 is 0 Å². The highest BCUT2D eigenvalue weighted by atomic mass is 32.2. The molecule has 3 heterocycles. The van der Waals surface area contributed by atoms with Gasteiger partial charge in [-0.15, -0.1) is 11.8 Å². The Morgan fingerprint density at radius 2 is 1.83 bits per heavy atom. The van der Waals surface area contributed by atoms with Crippen molar-refractivity contribution in [1.82, 2.24) is 13.9 Å². The van der Waals surface area contributed by atoms with Crippen molar-refractivity contribution in [3.05, 3.63) is 83.9 Å². The second-order valence-electron chi connectivity index (χ2n) is 6.90. The molecule has 4 rings (SSSR count). The average Bonchev–Trinajstić information content (AvgIpc) is 3.21. The molecule has 2 aromatic heterocycles. The first-order chi connectivity index (χ1) is 14.0. The van der Waals surface area contributed by atoms with Gasteiger partial charge in [-0.2, -0.15) is 0 Å². The van der Waals surface area contributed by atoms with Crippen LogP contribution in [-0.2, 0) is 21.4 Å². The topological polar surface area (TPSA) is 72.3 Å². The van der Waals surface area contributed by atoms with Crippen molar-refractivity contribution in [3.8, 4) is 0 Å². The van der Waals surface area contributed by atoms with Gasteiger partial charge in [-0.25, -0.2) is 12.4 Å². The maximum atomic E-state index is 13.3. The van der Waals surface area contributed by atoms with E-state index in [2.05, 4.69) is 4.98 Å². The van der Waals surface area contributed by atoms with Crippen LogP contribution >= 0.6 is 11.8 Å². The second kappa shape index (κ2) is 8.04. The number of aryl methyl sites for hydroxylation is 1. The van der Waals surface area contributed by atoms with Gasteiger partial charge in [0.2, 0.25) is 5.91 Å². The largest absolute Gasteiger partial charge is 0.321 e. The summed E-state index contributed by atoms with van der Waals surface area (Å²) >= 11 is 1.58. The Bertz CT molecular complexity index is 1110. The summed E-state index contributed by atoms with van der Waals surface area (Å²) in [5.74, 6) is 0.678. The van der Waals surface area contributed by atoms with Crippen LogP contribution in [0.3, 0.4) is 0 Å². The van der Waals surface area contributed by atoms with Gasteiger partial charge < -0.3 is 4.90 Å². The molecule has 0 aliphatic carbocycles. The van der Waals surface area contributed by atoms with Gasteiger partial charge in [-0.3, -0.25) is 9.78 Å². The van der Waals surface area contributed by atoms with Crippen molar-refractivity contribution in [3.63, 3.8) is 0 Å². The Balaban J connectivity index is 1.71. The second-order valence-corrected chi connectivity index (χ2v) is 9.90. The third-order valence-corrected chi connectivity index (χ3v) is 7.84. The Labute approximate surface area is 174 Å². The number of hydrogen-bond donors (Lipinski definition) is 0. The number of rotatable bonds is 5. The van der Waals surface area contributed by atoms with Gasteiger partial charge in [0.15, 0.2) is 0 Å². The van der Waals surface area contributed by atoms with E-state index in [9.17, 15) is 13.2 Å². The molecule has 29 heavy (non-hydrogen) atoms. The quantitative estimate of drug-likeness (QED) is 0.622. The van der Waals surface area contributed by atoms with Crippen molar-refractivity contribution < 1.29 is 13.2 Å². The smallest absolute Gasteiger partial charge is 0.267 e. The molecule has 0 radical (unpaired) electrons. The van der Waals surface area contributed by atoms with Crippen LogP contribution in [0.2, 0.25) is 0 Å². The third kappa shape index (κ3) is 3.95. The molecule has 150 valence electrons. The van der Waals surface area contributed by atoms with Crippen LogP contribution in [0.1, 0.15) is 28.6 Å². The molecule has 1 fully saturated rings. The normalized spacial score (nSPS) is 17.5. The average molecular weight is 428 g/mol. The highest BCUT2D eigenvalue weighted by Crippen LogP contribution is 2.39. The monoisotopic (exact) mass is 427 g/mol. The summed E-state index contributed by atoms with van der Waals surface area (Å²) in [5, 5.41) is -0.375.